The molecule has 24 heavy (non-hydrogen) atoms. The summed E-state index contributed by atoms with van der Waals surface area (Å²) in [6.07, 6.45) is -0.225. The molecule has 2 N–H and O–H groups in total. The minimum absolute atomic E-state index is 0.0650. The molecule has 7 heteroatoms. The number of carbonyl (C=O) groups excluding carboxylic acids is 1. The fourth-order valence-electron chi connectivity index (χ4n) is 2.95. The summed E-state index contributed by atoms with van der Waals surface area (Å²) >= 11 is 0. The normalized spacial score (nSPS) is 18.3. The van der Waals surface area contributed by atoms with Gasteiger partial charge in [-0.3, -0.25) is 0 Å². The molecule has 0 aromatic heterocycles. The van der Waals surface area contributed by atoms with Crippen LogP contribution in [0.15, 0.2) is 18.2 Å². The van der Waals surface area contributed by atoms with Gasteiger partial charge in [0.2, 0.25) is 0 Å². The Kier molecular flexibility index (Phi) is 6.51. The van der Waals surface area contributed by atoms with Gasteiger partial charge >= 0.3 is 6.09 Å². The van der Waals surface area contributed by atoms with E-state index in [-0.39, 0.29) is 17.7 Å². The molecule has 1 amide bonds. The molecule has 134 valence electrons. The van der Waals surface area contributed by atoms with Crippen LogP contribution in [0.5, 0.6) is 0 Å². The van der Waals surface area contributed by atoms with E-state index in [1.807, 2.05) is 0 Å². The second-order valence-corrected chi connectivity index (χ2v) is 6.00. The van der Waals surface area contributed by atoms with Crippen LogP contribution in [0, 0.1) is 11.6 Å². The van der Waals surface area contributed by atoms with Gasteiger partial charge in [0, 0.05) is 25.2 Å². The summed E-state index contributed by atoms with van der Waals surface area (Å²) in [5.74, 6) is -1.51. The highest BCUT2D eigenvalue weighted by Gasteiger charge is 2.28. The maximum atomic E-state index is 13.8. The quantitative estimate of drug-likeness (QED) is 0.863. The van der Waals surface area contributed by atoms with Crippen LogP contribution in [0.2, 0.25) is 0 Å². The molecule has 1 saturated heterocycles. The minimum Gasteiger partial charge on any atom is -0.450 e. The Labute approximate surface area is 140 Å². The number of piperidine rings is 1. The van der Waals surface area contributed by atoms with Crippen molar-refractivity contribution < 1.29 is 23.4 Å². The number of aliphatic hydroxyl groups excluding tert-OH is 1. The van der Waals surface area contributed by atoms with Crippen LogP contribution in [0.4, 0.5) is 13.6 Å². The van der Waals surface area contributed by atoms with Gasteiger partial charge in [-0.25, -0.2) is 13.6 Å². The first-order valence-electron chi connectivity index (χ1n) is 8.23. The molecule has 2 atom stereocenters. The molecule has 1 fully saturated rings. The maximum Gasteiger partial charge on any atom is 0.409 e. The van der Waals surface area contributed by atoms with E-state index in [4.69, 9.17) is 4.74 Å². The van der Waals surface area contributed by atoms with Crippen molar-refractivity contribution in [2.24, 2.45) is 0 Å². The van der Waals surface area contributed by atoms with E-state index in [2.05, 4.69) is 5.32 Å². The summed E-state index contributed by atoms with van der Waals surface area (Å²) in [5.41, 5.74) is -0.318. The fourth-order valence-corrected chi connectivity index (χ4v) is 2.95. The highest BCUT2D eigenvalue weighted by Crippen LogP contribution is 2.24. The SMILES string of the molecule is CCOC(=O)N1CCC(N[C@H](C)[C@@H](O)c2c(F)cccc2F)CC1. The van der Waals surface area contributed by atoms with Crippen LogP contribution in [0.25, 0.3) is 0 Å². The zero-order valence-electron chi connectivity index (χ0n) is 14.0. The zero-order valence-corrected chi connectivity index (χ0v) is 14.0. The third kappa shape index (κ3) is 4.42. The van der Waals surface area contributed by atoms with Crippen molar-refractivity contribution in [3.63, 3.8) is 0 Å². The van der Waals surface area contributed by atoms with E-state index in [9.17, 15) is 18.7 Å². The number of hydrogen-bond acceptors (Lipinski definition) is 4. The highest BCUT2D eigenvalue weighted by molar-refractivity contribution is 5.67. The first kappa shape index (κ1) is 18.6. The Bertz CT molecular complexity index is 543. The van der Waals surface area contributed by atoms with Gasteiger partial charge in [-0.1, -0.05) is 6.07 Å². The summed E-state index contributed by atoms with van der Waals surface area (Å²) in [6, 6.07) is 3.08. The average molecular weight is 342 g/mol. The Morgan fingerprint density at radius 1 is 1.38 bits per heavy atom. The van der Waals surface area contributed by atoms with E-state index in [1.54, 1.807) is 18.7 Å². The van der Waals surface area contributed by atoms with E-state index >= 15 is 0 Å². The summed E-state index contributed by atoms with van der Waals surface area (Å²) < 4.78 is 32.5. The number of nitrogens with one attached hydrogen (secondary N) is 1. The summed E-state index contributed by atoms with van der Waals surface area (Å²) in [7, 11) is 0. The molecular formula is C17H24F2N2O3. The number of halogens is 2. The van der Waals surface area contributed by atoms with Gasteiger partial charge in [-0.15, -0.1) is 0 Å². The Hall–Kier alpha value is -1.73. The number of nitrogens with zero attached hydrogens (tertiary/aromatic N) is 1. The lowest BCUT2D eigenvalue weighted by Crippen LogP contribution is -2.48. The van der Waals surface area contributed by atoms with E-state index in [1.165, 1.54) is 6.07 Å². The number of likely N-dealkylation sites (tertiary alicyclic amines) is 1. The average Bonchev–Trinajstić information content (AvgIpc) is 2.55. The smallest absolute Gasteiger partial charge is 0.409 e. The number of hydrogen-bond donors (Lipinski definition) is 2. The van der Waals surface area contributed by atoms with Crippen molar-refractivity contribution in [2.75, 3.05) is 19.7 Å². The van der Waals surface area contributed by atoms with Crippen LogP contribution in [0.3, 0.4) is 0 Å². The van der Waals surface area contributed by atoms with Crippen LogP contribution in [-0.4, -0.2) is 47.9 Å². The van der Waals surface area contributed by atoms with Crippen LogP contribution >= 0.6 is 0 Å². The Morgan fingerprint density at radius 3 is 2.50 bits per heavy atom. The first-order valence-corrected chi connectivity index (χ1v) is 8.23. The van der Waals surface area contributed by atoms with E-state index in [0.717, 1.165) is 12.1 Å². The number of ether oxygens (including phenoxy) is 1. The molecule has 0 spiro atoms. The van der Waals surface area contributed by atoms with Gasteiger partial charge in [-0.2, -0.15) is 0 Å². The molecule has 0 saturated carbocycles. The maximum absolute atomic E-state index is 13.8. The number of aliphatic hydroxyl groups is 1. The van der Waals surface area contributed by atoms with Gasteiger partial charge in [0.25, 0.3) is 0 Å². The monoisotopic (exact) mass is 342 g/mol. The number of carbonyl (C=O) groups is 1. The lowest BCUT2D eigenvalue weighted by atomic mass is 9.99. The van der Waals surface area contributed by atoms with Gasteiger partial charge in [0.1, 0.15) is 11.6 Å². The van der Waals surface area contributed by atoms with Crippen molar-refractivity contribution in [3.8, 4) is 0 Å². The molecule has 1 aliphatic rings. The van der Waals surface area contributed by atoms with E-state index < -0.39 is 23.8 Å². The van der Waals surface area contributed by atoms with Gasteiger partial charge in [0.05, 0.1) is 18.3 Å². The molecule has 0 bridgehead atoms. The van der Waals surface area contributed by atoms with Crippen LogP contribution in [-0.2, 0) is 4.74 Å². The lowest BCUT2D eigenvalue weighted by Gasteiger charge is -2.34. The van der Waals surface area contributed by atoms with Crippen LogP contribution < -0.4 is 5.32 Å². The number of benzene rings is 1. The third-order valence-corrected chi connectivity index (χ3v) is 4.29. The zero-order chi connectivity index (χ0) is 17.7. The van der Waals surface area contributed by atoms with Crippen molar-refractivity contribution in [1.29, 1.82) is 0 Å². The molecule has 0 radical (unpaired) electrons. The molecule has 1 aromatic rings. The first-order chi connectivity index (χ1) is 11.4. The van der Waals surface area contributed by atoms with Crippen molar-refractivity contribution in [3.05, 3.63) is 35.4 Å². The van der Waals surface area contributed by atoms with Crippen molar-refractivity contribution >= 4 is 6.09 Å². The lowest BCUT2D eigenvalue weighted by molar-refractivity contribution is 0.0858. The molecular weight excluding hydrogens is 318 g/mol. The molecule has 1 aromatic carbocycles. The topological polar surface area (TPSA) is 61.8 Å². The predicted octanol–water partition coefficient (Wildman–Crippen LogP) is 2.60. The fraction of sp³-hybridized carbons (Fsp3) is 0.588. The molecule has 5 nitrogen and oxygen atoms in total. The number of rotatable bonds is 5. The molecule has 1 aliphatic heterocycles. The van der Waals surface area contributed by atoms with Gasteiger partial charge in [0.15, 0.2) is 0 Å². The molecule has 1 heterocycles. The molecule has 0 unspecified atom stereocenters. The minimum atomic E-state index is -1.28. The summed E-state index contributed by atoms with van der Waals surface area (Å²) in [5, 5.41) is 13.5. The predicted molar refractivity (Wildman–Crippen MR) is 85.5 cm³/mol. The standard InChI is InChI=1S/C17H24F2N2O3/c1-3-24-17(23)21-9-7-12(8-10-21)20-11(2)16(22)15-13(18)5-4-6-14(15)19/h4-6,11-12,16,20,22H,3,7-10H2,1-2H3/t11-,16-/m1/s1. The highest BCUT2D eigenvalue weighted by atomic mass is 19.1. The molecule has 0 aliphatic carbocycles. The van der Waals surface area contributed by atoms with E-state index in [0.29, 0.717) is 32.5 Å². The van der Waals surface area contributed by atoms with Crippen molar-refractivity contribution in [2.45, 2.75) is 44.9 Å². The Balaban J connectivity index is 1.89. The van der Waals surface area contributed by atoms with Crippen molar-refractivity contribution in [1.82, 2.24) is 10.2 Å². The second kappa shape index (κ2) is 8.39. The summed E-state index contributed by atoms with van der Waals surface area (Å²) in [4.78, 5) is 13.3. The van der Waals surface area contributed by atoms with Gasteiger partial charge < -0.3 is 20.1 Å². The summed E-state index contributed by atoms with van der Waals surface area (Å²) in [6.45, 7) is 4.89. The molecule has 2 rings (SSSR count). The third-order valence-electron chi connectivity index (χ3n) is 4.29. The Morgan fingerprint density at radius 2 is 1.96 bits per heavy atom. The largest absolute Gasteiger partial charge is 0.450 e. The number of amides is 1. The second-order valence-electron chi connectivity index (χ2n) is 6.00. The van der Waals surface area contributed by atoms with Crippen LogP contribution in [0.1, 0.15) is 38.4 Å². The van der Waals surface area contributed by atoms with Gasteiger partial charge in [-0.05, 0) is 38.8 Å².